The average Bonchev–Trinajstić information content (AvgIpc) is 3.03. The molecule has 0 atom stereocenters. The maximum Gasteiger partial charge on any atom is 0.157 e. The molecule has 3 heterocycles. The van der Waals surface area contributed by atoms with E-state index in [0.29, 0.717) is 10.7 Å². The molecule has 4 rings (SSSR count). The standard InChI is InChI=1S/C15H9ClFN3S/c1-20-7-18-12-13(20)14-10(19-15(12)16)6-11(21-14)8-3-2-4-9(17)5-8/h2-7H,1H3. The molecular weight excluding hydrogens is 309 g/mol. The molecule has 0 saturated carbocycles. The van der Waals surface area contributed by atoms with Crippen LogP contribution in [0.15, 0.2) is 36.7 Å². The van der Waals surface area contributed by atoms with Crippen molar-refractivity contribution in [1.82, 2.24) is 14.5 Å². The largest absolute Gasteiger partial charge is 0.332 e. The zero-order valence-corrected chi connectivity index (χ0v) is 12.5. The Labute approximate surface area is 128 Å². The predicted molar refractivity (Wildman–Crippen MR) is 84.3 cm³/mol. The highest BCUT2D eigenvalue weighted by Crippen LogP contribution is 2.38. The third-order valence-electron chi connectivity index (χ3n) is 3.39. The number of nitrogens with zero attached hydrogens (tertiary/aromatic N) is 3. The van der Waals surface area contributed by atoms with E-state index in [1.807, 2.05) is 23.7 Å². The number of imidazole rings is 1. The summed E-state index contributed by atoms with van der Waals surface area (Å²) in [6.45, 7) is 0. The van der Waals surface area contributed by atoms with Gasteiger partial charge >= 0.3 is 0 Å². The van der Waals surface area contributed by atoms with E-state index < -0.39 is 0 Å². The van der Waals surface area contributed by atoms with Gasteiger partial charge in [0, 0.05) is 11.9 Å². The van der Waals surface area contributed by atoms with E-state index in [2.05, 4.69) is 9.97 Å². The second-order valence-electron chi connectivity index (χ2n) is 4.79. The van der Waals surface area contributed by atoms with Crippen molar-refractivity contribution in [3.05, 3.63) is 47.6 Å². The Hall–Kier alpha value is -1.98. The molecule has 0 bridgehead atoms. The van der Waals surface area contributed by atoms with Gasteiger partial charge in [0.05, 0.1) is 22.1 Å². The minimum absolute atomic E-state index is 0.248. The molecule has 1 aromatic carbocycles. The molecule has 0 aliphatic carbocycles. The summed E-state index contributed by atoms with van der Waals surface area (Å²) >= 11 is 7.75. The fourth-order valence-corrected chi connectivity index (χ4v) is 3.84. The van der Waals surface area contributed by atoms with Crippen molar-refractivity contribution < 1.29 is 4.39 Å². The molecule has 4 aromatic rings. The summed E-state index contributed by atoms with van der Waals surface area (Å²) < 4.78 is 16.3. The first kappa shape index (κ1) is 12.7. The molecule has 0 aliphatic rings. The molecule has 0 fully saturated rings. The van der Waals surface area contributed by atoms with E-state index in [1.165, 1.54) is 12.1 Å². The lowest BCUT2D eigenvalue weighted by molar-refractivity contribution is 0.628. The highest BCUT2D eigenvalue weighted by Gasteiger charge is 2.15. The van der Waals surface area contributed by atoms with Crippen LogP contribution >= 0.6 is 22.9 Å². The van der Waals surface area contributed by atoms with Crippen LogP contribution in [0.5, 0.6) is 0 Å². The lowest BCUT2D eigenvalue weighted by Crippen LogP contribution is -1.85. The number of benzene rings is 1. The number of hydrogen-bond acceptors (Lipinski definition) is 3. The maximum atomic E-state index is 13.4. The number of halogens is 2. The summed E-state index contributed by atoms with van der Waals surface area (Å²) in [5.41, 5.74) is 3.29. The molecule has 0 aliphatic heterocycles. The van der Waals surface area contributed by atoms with Crippen molar-refractivity contribution in [3.63, 3.8) is 0 Å². The van der Waals surface area contributed by atoms with Crippen LogP contribution in [0.25, 0.3) is 31.7 Å². The minimum atomic E-state index is -0.248. The molecule has 0 amide bonds. The summed E-state index contributed by atoms with van der Waals surface area (Å²) in [5, 5.41) is 0.390. The van der Waals surface area contributed by atoms with E-state index in [-0.39, 0.29) is 5.82 Å². The molecule has 0 radical (unpaired) electrons. The van der Waals surface area contributed by atoms with Gasteiger partial charge in [0.2, 0.25) is 0 Å². The summed E-state index contributed by atoms with van der Waals surface area (Å²) in [4.78, 5) is 9.63. The molecular formula is C15H9ClFN3S. The van der Waals surface area contributed by atoms with Crippen molar-refractivity contribution >= 4 is 44.2 Å². The van der Waals surface area contributed by atoms with Gasteiger partial charge in [-0.3, -0.25) is 0 Å². The topological polar surface area (TPSA) is 30.7 Å². The van der Waals surface area contributed by atoms with Crippen LogP contribution in [0.2, 0.25) is 5.15 Å². The van der Waals surface area contributed by atoms with E-state index in [1.54, 1.807) is 23.7 Å². The molecule has 0 saturated heterocycles. The normalized spacial score (nSPS) is 11.6. The Morgan fingerprint density at radius 1 is 1.29 bits per heavy atom. The van der Waals surface area contributed by atoms with Gasteiger partial charge in [-0.2, -0.15) is 0 Å². The lowest BCUT2D eigenvalue weighted by Gasteiger charge is -1.97. The van der Waals surface area contributed by atoms with Gasteiger partial charge in [0.1, 0.15) is 11.3 Å². The number of aromatic nitrogens is 3. The molecule has 3 nitrogen and oxygen atoms in total. The van der Waals surface area contributed by atoms with Crippen LogP contribution in [-0.2, 0) is 7.05 Å². The van der Waals surface area contributed by atoms with Crippen molar-refractivity contribution in [3.8, 4) is 10.4 Å². The average molecular weight is 318 g/mol. The number of hydrogen-bond donors (Lipinski definition) is 0. The number of pyridine rings is 1. The number of thiophene rings is 1. The van der Waals surface area contributed by atoms with Gasteiger partial charge < -0.3 is 4.57 Å². The first-order chi connectivity index (χ1) is 10.1. The van der Waals surface area contributed by atoms with Crippen LogP contribution in [0.4, 0.5) is 4.39 Å². The Balaban J connectivity index is 2.06. The van der Waals surface area contributed by atoms with Crippen LogP contribution < -0.4 is 0 Å². The lowest BCUT2D eigenvalue weighted by atomic mass is 10.2. The van der Waals surface area contributed by atoms with Crippen LogP contribution in [0.1, 0.15) is 0 Å². The third-order valence-corrected chi connectivity index (χ3v) is 4.83. The second-order valence-corrected chi connectivity index (χ2v) is 6.20. The van der Waals surface area contributed by atoms with Crippen molar-refractivity contribution in [2.75, 3.05) is 0 Å². The first-order valence-corrected chi connectivity index (χ1v) is 7.49. The van der Waals surface area contributed by atoms with Crippen molar-refractivity contribution in [2.45, 2.75) is 0 Å². The molecule has 0 spiro atoms. The molecule has 3 aromatic heterocycles. The van der Waals surface area contributed by atoms with Gasteiger partial charge in [-0.15, -0.1) is 11.3 Å². The first-order valence-electron chi connectivity index (χ1n) is 6.29. The Morgan fingerprint density at radius 3 is 2.95 bits per heavy atom. The SMILES string of the molecule is Cn1cnc2c(Cl)nc3cc(-c4cccc(F)c4)sc3c21. The fraction of sp³-hybridized carbons (Fsp3) is 0.0667. The van der Waals surface area contributed by atoms with Crippen LogP contribution in [0, 0.1) is 5.82 Å². The zero-order valence-electron chi connectivity index (χ0n) is 11.0. The summed E-state index contributed by atoms with van der Waals surface area (Å²) in [6.07, 6.45) is 1.72. The van der Waals surface area contributed by atoms with Crippen molar-refractivity contribution in [1.29, 1.82) is 0 Å². The summed E-state index contributed by atoms with van der Waals surface area (Å²) in [7, 11) is 1.92. The van der Waals surface area contributed by atoms with Crippen molar-refractivity contribution in [2.24, 2.45) is 7.05 Å². The number of rotatable bonds is 1. The van der Waals surface area contributed by atoms with E-state index >= 15 is 0 Å². The van der Waals surface area contributed by atoms with E-state index in [0.717, 1.165) is 26.2 Å². The fourth-order valence-electron chi connectivity index (χ4n) is 2.43. The van der Waals surface area contributed by atoms with Gasteiger partial charge in [-0.05, 0) is 23.8 Å². The monoisotopic (exact) mass is 317 g/mol. The maximum absolute atomic E-state index is 13.4. The second kappa shape index (κ2) is 4.51. The van der Waals surface area contributed by atoms with Gasteiger partial charge in [0.25, 0.3) is 0 Å². The minimum Gasteiger partial charge on any atom is -0.332 e. The van der Waals surface area contributed by atoms with Crippen LogP contribution in [-0.4, -0.2) is 14.5 Å². The Morgan fingerprint density at radius 2 is 2.14 bits per heavy atom. The van der Waals surface area contributed by atoms with Gasteiger partial charge in [-0.25, -0.2) is 14.4 Å². The molecule has 104 valence electrons. The smallest absolute Gasteiger partial charge is 0.157 e. The van der Waals surface area contributed by atoms with Gasteiger partial charge in [-0.1, -0.05) is 23.7 Å². The summed E-state index contributed by atoms with van der Waals surface area (Å²) in [6, 6.07) is 8.48. The number of fused-ring (bicyclic) bond motifs is 3. The Bertz CT molecular complexity index is 989. The molecule has 0 unspecified atom stereocenters. The summed E-state index contributed by atoms with van der Waals surface area (Å²) in [5.74, 6) is -0.248. The number of aryl methyl sites for hydroxylation is 1. The van der Waals surface area contributed by atoms with E-state index in [4.69, 9.17) is 11.6 Å². The Kier molecular flexibility index (Phi) is 2.74. The molecule has 6 heteroatoms. The highest BCUT2D eigenvalue weighted by molar-refractivity contribution is 7.23. The molecule has 21 heavy (non-hydrogen) atoms. The zero-order chi connectivity index (χ0) is 14.6. The highest BCUT2D eigenvalue weighted by atomic mass is 35.5. The third kappa shape index (κ3) is 1.92. The predicted octanol–water partition coefficient (Wildman–Crippen LogP) is 4.64. The quantitative estimate of drug-likeness (QED) is 0.479. The van der Waals surface area contributed by atoms with Gasteiger partial charge in [0.15, 0.2) is 5.15 Å². The van der Waals surface area contributed by atoms with Crippen LogP contribution in [0.3, 0.4) is 0 Å². The molecule has 0 N–H and O–H groups in total. The van der Waals surface area contributed by atoms with E-state index in [9.17, 15) is 4.39 Å².